The standard InChI is InChI=1S/C10H14NO4P/c1-3-14-16(15-4-2)10-8-6-5-7-9(10)11(12)13/h5-8H,3-4H2,1-2H3. The Hall–Kier alpha value is -1.03. The van der Waals surface area contributed by atoms with Crippen molar-refractivity contribution in [2.45, 2.75) is 13.8 Å². The maximum Gasteiger partial charge on any atom is 0.281 e. The molecule has 0 saturated heterocycles. The number of nitro groups is 1. The highest BCUT2D eigenvalue weighted by Gasteiger charge is 2.23. The van der Waals surface area contributed by atoms with E-state index in [1.54, 1.807) is 18.2 Å². The number of nitro benzene ring substituents is 1. The first-order chi connectivity index (χ1) is 7.70. The molecule has 1 rings (SSSR count). The first kappa shape index (κ1) is 13.0. The first-order valence-electron chi connectivity index (χ1n) is 5.00. The quantitative estimate of drug-likeness (QED) is 0.437. The van der Waals surface area contributed by atoms with Crippen LogP contribution in [0.15, 0.2) is 24.3 Å². The van der Waals surface area contributed by atoms with Gasteiger partial charge in [0.25, 0.3) is 5.69 Å². The number of hydrogen-bond acceptors (Lipinski definition) is 4. The third kappa shape index (κ3) is 3.23. The Morgan fingerprint density at radius 1 is 1.25 bits per heavy atom. The van der Waals surface area contributed by atoms with Gasteiger partial charge >= 0.3 is 0 Å². The molecule has 0 N–H and O–H groups in total. The van der Waals surface area contributed by atoms with E-state index < -0.39 is 13.3 Å². The van der Waals surface area contributed by atoms with E-state index in [0.29, 0.717) is 18.5 Å². The molecule has 0 aromatic heterocycles. The smallest absolute Gasteiger partial charge is 0.281 e. The van der Waals surface area contributed by atoms with Crippen LogP contribution in [0.4, 0.5) is 5.69 Å². The van der Waals surface area contributed by atoms with Gasteiger partial charge in [0.15, 0.2) is 0 Å². The van der Waals surface area contributed by atoms with Crippen LogP contribution in [0.3, 0.4) is 0 Å². The molecule has 0 spiro atoms. The van der Waals surface area contributed by atoms with Gasteiger partial charge in [0, 0.05) is 6.07 Å². The average Bonchev–Trinajstić information content (AvgIpc) is 2.29. The molecule has 0 amide bonds. The van der Waals surface area contributed by atoms with Gasteiger partial charge in [-0.15, -0.1) is 0 Å². The molecule has 0 heterocycles. The maximum absolute atomic E-state index is 10.8. The Morgan fingerprint density at radius 3 is 2.31 bits per heavy atom. The highest BCUT2D eigenvalue weighted by atomic mass is 31.2. The molecule has 0 unspecified atom stereocenters. The van der Waals surface area contributed by atoms with Crippen molar-refractivity contribution in [1.29, 1.82) is 0 Å². The second kappa shape index (κ2) is 6.53. The predicted molar refractivity (Wildman–Crippen MR) is 62.9 cm³/mol. The summed E-state index contributed by atoms with van der Waals surface area (Å²) in [6.45, 7) is 4.61. The van der Waals surface area contributed by atoms with E-state index in [4.69, 9.17) is 9.05 Å². The summed E-state index contributed by atoms with van der Waals surface area (Å²) >= 11 is 0. The van der Waals surface area contributed by atoms with Gasteiger partial charge in [0.05, 0.1) is 18.1 Å². The minimum atomic E-state index is -1.35. The van der Waals surface area contributed by atoms with E-state index in [1.165, 1.54) is 6.07 Å². The normalized spacial score (nSPS) is 10.7. The van der Waals surface area contributed by atoms with Crippen molar-refractivity contribution in [3.05, 3.63) is 34.4 Å². The van der Waals surface area contributed by atoms with E-state index in [-0.39, 0.29) is 5.69 Å². The van der Waals surface area contributed by atoms with Gasteiger partial charge in [-0.2, -0.15) is 0 Å². The molecule has 88 valence electrons. The van der Waals surface area contributed by atoms with Gasteiger partial charge in [-0.05, 0) is 19.9 Å². The molecule has 0 atom stereocenters. The Balaban J connectivity index is 3.02. The van der Waals surface area contributed by atoms with Gasteiger partial charge in [0.1, 0.15) is 5.30 Å². The second-order valence-corrected chi connectivity index (χ2v) is 4.35. The van der Waals surface area contributed by atoms with Crippen LogP contribution in [-0.4, -0.2) is 18.1 Å². The third-order valence-electron chi connectivity index (χ3n) is 1.77. The molecule has 16 heavy (non-hydrogen) atoms. The summed E-state index contributed by atoms with van der Waals surface area (Å²) in [6.07, 6.45) is 0. The van der Waals surface area contributed by atoms with Gasteiger partial charge in [-0.1, -0.05) is 12.1 Å². The zero-order valence-electron chi connectivity index (χ0n) is 9.25. The van der Waals surface area contributed by atoms with Gasteiger partial charge in [-0.25, -0.2) is 0 Å². The zero-order chi connectivity index (χ0) is 12.0. The number of rotatable bonds is 6. The number of para-hydroxylation sites is 1. The molecular formula is C10H14NO4P. The highest BCUT2D eigenvalue weighted by Crippen LogP contribution is 2.39. The first-order valence-corrected chi connectivity index (χ1v) is 6.17. The largest absolute Gasteiger partial charge is 0.331 e. The molecule has 0 aliphatic carbocycles. The Morgan fingerprint density at radius 2 is 1.81 bits per heavy atom. The summed E-state index contributed by atoms with van der Waals surface area (Å²) in [7, 11) is -1.35. The van der Waals surface area contributed by atoms with Crippen LogP contribution in [0.25, 0.3) is 0 Å². The molecule has 0 aliphatic rings. The predicted octanol–water partition coefficient (Wildman–Crippen LogP) is 2.61. The molecule has 0 aliphatic heterocycles. The van der Waals surface area contributed by atoms with Crippen LogP contribution >= 0.6 is 8.38 Å². The van der Waals surface area contributed by atoms with Crippen molar-refractivity contribution in [2.24, 2.45) is 0 Å². The van der Waals surface area contributed by atoms with Crippen LogP contribution in [0.1, 0.15) is 13.8 Å². The van der Waals surface area contributed by atoms with Crippen molar-refractivity contribution in [3.8, 4) is 0 Å². The lowest BCUT2D eigenvalue weighted by atomic mass is 10.3. The average molecular weight is 243 g/mol. The Kier molecular flexibility index (Phi) is 5.32. The number of hydrogen-bond donors (Lipinski definition) is 0. The molecule has 0 bridgehead atoms. The summed E-state index contributed by atoms with van der Waals surface area (Å²) < 4.78 is 10.8. The molecule has 1 aromatic rings. The monoisotopic (exact) mass is 243 g/mol. The second-order valence-electron chi connectivity index (χ2n) is 2.84. The molecule has 0 fully saturated rings. The maximum atomic E-state index is 10.8. The molecule has 5 nitrogen and oxygen atoms in total. The highest BCUT2D eigenvalue weighted by molar-refractivity contribution is 7.56. The lowest BCUT2D eigenvalue weighted by Gasteiger charge is -2.15. The van der Waals surface area contributed by atoms with Crippen LogP contribution < -0.4 is 5.30 Å². The molecular weight excluding hydrogens is 229 g/mol. The van der Waals surface area contributed by atoms with Crippen molar-refractivity contribution < 1.29 is 14.0 Å². The van der Waals surface area contributed by atoms with Crippen LogP contribution in [0, 0.1) is 10.1 Å². The topological polar surface area (TPSA) is 61.6 Å². The van der Waals surface area contributed by atoms with Gasteiger partial charge in [0.2, 0.25) is 8.38 Å². The molecule has 6 heteroatoms. The van der Waals surface area contributed by atoms with Gasteiger partial charge in [-0.3, -0.25) is 10.1 Å². The van der Waals surface area contributed by atoms with Gasteiger partial charge < -0.3 is 9.05 Å². The summed E-state index contributed by atoms with van der Waals surface area (Å²) in [5.41, 5.74) is 0.0514. The minimum Gasteiger partial charge on any atom is -0.331 e. The lowest BCUT2D eigenvalue weighted by Crippen LogP contribution is -2.11. The van der Waals surface area contributed by atoms with Crippen LogP contribution in [-0.2, 0) is 9.05 Å². The third-order valence-corrected chi connectivity index (χ3v) is 3.52. The van der Waals surface area contributed by atoms with Crippen LogP contribution in [0.5, 0.6) is 0 Å². The van der Waals surface area contributed by atoms with E-state index in [2.05, 4.69) is 0 Å². The Bertz CT molecular complexity index is 352. The summed E-state index contributed by atoms with van der Waals surface area (Å²) in [5.74, 6) is 0. The summed E-state index contributed by atoms with van der Waals surface area (Å²) in [5, 5.41) is 11.4. The lowest BCUT2D eigenvalue weighted by molar-refractivity contribution is -0.383. The fourth-order valence-corrected chi connectivity index (χ4v) is 2.56. The number of nitrogens with zero attached hydrogens (tertiary/aromatic N) is 1. The van der Waals surface area contributed by atoms with Crippen molar-refractivity contribution >= 4 is 19.4 Å². The Labute approximate surface area is 95.4 Å². The van der Waals surface area contributed by atoms with E-state index >= 15 is 0 Å². The molecule has 0 saturated carbocycles. The SMILES string of the molecule is CCOP(OCC)c1ccccc1[N+](=O)[O-]. The number of benzene rings is 1. The molecule has 0 radical (unpaired) electrons. The van der Waals surface area contributed by atoms with Crippen LogP contribution in [0.2, 0.25) is 0 Å². The zero-order valence-corrected chi connectivity index (χ0v) is 10.1. The van der Waals surface area contributed by atoms with Crippen molar-refractivity contribution in [3.63, 3.8) is 0 Å². The fourth-order valence-electron chi connectivity index (χ4n) is 1.18. The van der Waals surface area contributed by atoms with E-state index in [0.717, 1.165) is 0 Å². The fraction of sp³-hybridized carbons (Fsp3) is 0.400. The summed E-state index contributed by atoms with van der Waals surface area (Å²) in [4.78, 5) is 10.4. The van der Waals surface area contributed by atoms with E-state index in [1.807, 2.05) is 13.8 Å². The molecule has 1 aromatic carbocycles. The minimum absolute atomic E-state index is 0.0514. The van der Waals surface area contributed by atoms with Crippen molar-refractivity contribution in [1.82, 2.24) is 0 Å². The van der Waals surface area contributed by atoms with E-state index in [9.17, 15) is 10.1 Å². The van der Waals surface area contributed by atoms with Crippen molar-refractivity contribution in [2.75, 3.05) is 13.2 Å². The summed E-state index contributed by atoms with van der Waals surface area (Å²) in [6, 6.07) is 6.51.